The van der Waals surface area contributed by atoms with Crippen LogP contribution in [-0.4, -0.2) is 30.5 Å². The first kappa shape index (κ1) is 11.6. The Bertz CT molecular complexity index is 284. The fourth-order valence-corrected chi connectivity index (χ4v) is 1.16. The van der Waals surface area contributed by atoms with Gasteiger partial charge >= 0.3 is 6.09 Å². The Morgan fingerprint density at radius 1 is 1.73 bits per heavy atom. The second-order valence-corrected chi connectivity index (χ2v) is 3.19. The first-order chi connectivity index (χ1) is 7.22. The van der Waals surface area contributed by atoms with Crippen molar-refractivity contribution in [2.45, 2.75) is 19.4 Å². The van der Waals surface area contributed by atoms with E-state index in [2.05, 4.69) is 10.1 Å². The number of hydrogen-bond acceptors (Lipinski definition) is 4. The summed E-state index contributed by atoms with van der Waals surface area (Å²) in [6.45, 7) is 1.70. The largest absolute Gasteiger partial charge is 0.469 e. The van der Waals surface area contributed by atoms with Gasteiger partial charge in [-0.05, 0) is 19.1 Å². The van der Waals surface area contributed by atoms with Crippen LogP contribution in [0.1, 0.15) is 12.7 Å². The highest BCUT2D eigenvalue weighted by atomic mass is 16.6. The quantitative estimate of drug-likeness (QED) is 0.763. The third kappa shape index (κ3) is 4.51. The van der Waals surface area contributed by atoms with Crippen LogP contribution in [0.15, 0.2) is 22.8 Å². The summed E-state index contributed by atoms with van der Waals surface area (Å²) in [6, 6.07) is 3.57. The molecule has 5 nitrogen and oxygen atoms in total. The molecule has 0 aliphatic heterocycles. The molecule has 0 bridgehead atoms. The molecule has 0 aromatic carbocycles. The van der Waals surface area contributed by atoms with Crippen LogP contribution in [0.25, 0.3) is 0 Å². The Hall–Kier alpha value is -1.49. The summed E-state index contributed by atoms with van der Waals surface area (Å²) < 4.78 is 9.79. The maximum absolute atomic E-state index is 11.1. The molecule has 1 amide bonds. The number of hydrogen-bond donors (Lipinski definition) is 2. The highest BCUT2D eigenvalue weighted by Gasteiger charge is 2.09. The zero-order valence-electron chi connectivity index (χ0n) is 8.60. The summed E-state index contributed by atoms with van der Waals surface area (Å²) in [5.74, 6) is 0.810. The van der Waals surface area contributed by atoms with Gasteiger partial charge in [-0.3, -0.25) is 0 Å². The minimum absolute atomic E-state index is 0.0132. The lowest BCUT2D eigenvalue weighted by Crippen LogP contribution is -2.34. The molecule has 1 atom stereocenters. The molecule has 1 heterocycles. The van der Waals surface area contributed by atoms with E-state index in [9.17, 15) is 4.79 Å². The van der Waals surface area contributed by atoms with Crippen molar-refractivity contribution in [3.05, 3.63) is 24.2 Å². The van der Waals surface area contributed by atoms with Crippen molar-refractivity contribution < 1.29 is 19.1 Å². The molecular weight excluding hydrogens is 198 g/mol. The van der Waals surface area contributed by atoms with E-state index in [1.807, 2.05) is 13.0 Å². The van der Waals surface area contributed by atoms with E-state index < -0.39 is 6.09 Å². The third-order valence-electron chi connectivity index (χ3n) is 1.78. The number of aliphatic hydroxyl groups excluding tert-OH is 1. The van der Waals surface area contributed by atoms with Crippen LogP contribution in [0, 0.1) is 0 Å². The van der Waals surface area contributed by atoms with E-state index in [0.29, 0.717) is 6.42 Å². The summed E-state index contributed by atoms with van der Waals surface area (Å²) in [6.07, 6.45) is 1.68. The molecule has 0 saturated carbocycles. The molecular formula is C10H15NO4. The topological polar surface area (TPSA) is 71.7 Å². The number of aliphatic hydroxyl groups is 1. The summed E-state index contributed by atoms with van der Waals surface area (Å²) in [4.78, 5) is 11.1. The predicted octanol–water partition coefficient (Wildman–Crippen LogP) is 0.929. The maximum Gasteiger partial charge on any atom is 0.407 e. The smallest absolute Gasteiger partial charge is 0.407 e. The molecule has 0 aliphatic carbocycles. The van der Waals surface area contributed by atoms with Gasteiger partial charge in [0.25, 0.3) is 0 Å². The van der Waals surface area contributed by atoms with Crippen molar-refractivity contribution in [1.82, 2.24) is 5.32 Å². The number of amides is 1. The van der Waals surface area contributed by atoms with Gasteiger partial charge in [0.1, 0.15) is 12.4 Å². The Morgan fingerprint density at radius 3 is 3.13 bits per heavy atom. The van der Waals surface area contributed by atoms with Gasteiger partial charge in [0.15, 0.2) is 0 Å². The van der Waals surface area contributed by atoms with Crippen LogP contribution in [-0.2, 0) is 11.2 Å². The lowest BCUT2D eigenvalue weighted by atomic mass is 10.2. The maximum atomic E-state index is 11.1. The Morgan fingerprint density at radius 2 is 2.53 bits per heavy atom. The van der Waals surface area contributed by atoms with Crippen LogP contribution in [0.4, 0.5) is 4.79 Å². The first-order valence-electron chi connectivity index (χ1n) is 4.79. The fraction of sp³-hybridized carbons (Fsp3) is 0.500. The second kappa shape index (κ2) is 6.08. The highest BCUT2D eigenvalue weighted by Crippen LogP contribution is 2.03. The van der Waals surface area contributed by atoms with E-state index >= 15 is 0 Å². The molecule has 1 aromatic rings. The number of ether oxygens (including phenoxy) is 1. The second-order valence-electron chi connectivity index (χ2n) is 3.19. The van der Waals surface area contributed by atoms with E-state index in [1.165, 1.54) is 0 Å². The normalized spacial score (nSPS) is 12.1. The number of carbonyl (C=O) groups is 1. The number of furan rings is 1. The predicted molar refractivity (Wildman–Crippen MR) is 53.4 cm³/mol. The first-order valence-corrected chi connectivity index (χ1v) is 4.79. The number of alkyl carbamates (subject to hydrolysis) is 1. The van der Waals surface area contributed by atoms with Gasteiger partial charge in [0, 0.05) is 12.5 Å². The van der Waals surface area contributed by atoms with Crippen LogP contribution in [0.3, 0.4) is 0 Å². The fourth-order valence-electron chi connectivity index (χ4n) is 1.16. The van der Waals surface area contributed by atoms with Gasteiger partial charge in [-0.25, -0.2) is 4.79 Å². The van der Waals surface area contributed by atoms with Crippen molar-refractivity contribution >= 4 is 6.09 Å². The zero-order chi connectivity index (χ0) is 11.1. The van der Waals surface area contributed by atoms with Gasteiger partial charge in [0.05, 0.1) is 12.9 Å². The van der Waals surface area contributed by atoms with Crippen LogP contribution < -0.4 is 5.32 Å². The van der Waals surface area contributed by atoms with Gasteiger partial charge in [-0.15, -0.1) is 0 Å². The standard InChI is InChI=1S/C10H15NO4/c1-8(7-9-3-2-5-14-9)11-10(13)15-6-4-12/h2-3,5,8,12H,4,6-7H2,1H3,(H,11,13). The number of rotatable bonds is 5. The van der Waals surface area contributed by atoms with Crippen molar-refractivity contribution in [3.63, 3.8) is 0 Å². The molecule has 15 heavy (non-hydrogen) atoms. The summed E-state index contributed by atoms with van der Waals surface area (Å²) in [5, 5.41) is 11.1. The van der Waals surface area contributed by atoms with Gasteiger partial charge in [-0.1, -0.05) is 0 Å². The third-order valence-corrected chi connectivity index (χ3v) is 1.78. The van der Waals surface area contributed by atoms with Crippen molar-refractivity contribution in [3.8, 4) is 0 Å². The van der Waals surface area contributed by atoms with Crippen LogP contribution in [0.5, 0.6) is 0 Å². The lowest BCUT2D eigenvalue weighted by molar-refractivity contribution is 0.116. The van der Waals surface area contributed by atoms with Gasteiger partial charge in [0.2, 0.25) is 0 Å². The molecule has 0 saturated heterocycles. The molecule has 1 aromatic heterocycles. The molecule has 84 valence electrons. The molecule has 0 fully saturated rings. The monoisotopic (exact) mass is 213 g/mol. The van der Waals surface area contributed by atoms with Crippen LogP contribution in [0.2, 0.25) is 0 Å². The van der Waals surface area contributed by atoms with Crippen LogP contribution >= 0.6 is 0 Å². The molecule has 0 radical (unpaired) electrons. The highest BCUT2D eigenvalue weighted by molar-refractivity contribution is 5.67. The molecule has 1 rings (SSSR count). The summed E-state index contributed by atoms with van der Waals surface area (Å²) in [5.41, 5.74) is 0. The van der Waals surface area contributed by atoms with Gasteiger partial charge < -0.3 is 19.6 Å². The zero-order valence-corrected chi connectivity index (χ0v) is 8.60. The minimum atomic E-state index is -0.525. The van der Waals surface area contributed by atoms with E-state index in [4.69, 9.17) is 9.52 Å². The molecule has 2 N–H and O–H groups in total. The Kier molecular flexibility index (Phi) is 4.70. The lowest BCUT2D eigenvalue weighted by Gasteiger charge is -2.12. The average molecular weight is 213 g/mol. The van der Waals surface area contributed by atoms with Crippen molar-refractivity contribution in [2.75, 3.05) is 13.2 Å². The SMILES string of the molecule is CC(Cc1ccco1)NC(=O)OCCO. The Balaban J connectivity index is 2.23. The summed E-state index contributed by atoms with van der Waals surface area (Å²) in [7, 11) is 0. The number of carbonyl (C=O) groups excluding carboxylic acids is 1. The van der Waals surface area contributed by atoms with Crippen molar-refractivity contribution in [1.29, 1.82) is 0 Å². The van der Waals surface area contributed by atoms with E-state index in [0.717, 1.165) is 5.76 Å². The van der Waals surface area contributed by atoms with Crippen molar-refractivity contribution in [2.24, 2.45) is 0 Å². The van der Waals surface area contributed by atoms with E-state index in [-0.39, 0.29) is 19.3 Å². The molecule has 0 spiro atoms. The molecule has 5 heteroatoms. The minimum Gasteiger partial charge on any atom is -0.469 e. The molecule has 1 unspecified atom stereocenters. The Labute approximate surface area is 88.0 Å². The molecule has 0 aliphatic rings. The van der Waals surface area contributed by atoms with E-state index in [1.54, 1.807) is 12.3 Å². The number of nitrogens with one attached hydrogen (secondary N) is 1. The average Bonchev–Trinajstić information content (AvgIpc) is 2.67. The summed E-state index contributed by atoms with van der Waals surface area (Å²) >= 11 is 0. The van der Waals surface area contributed by atoms with Gasteiger partial charge in [-0.2, -0.15) is 0 Å².